The summed E-state index contributed by atoms with van der Waals surface area (Å²) in [5.41, 5.74) is 0.872. The van der Waals surface area contributed by atoms with Gasteiger partial charge in [0.2, 0.25) is 10.0 Å². The summed E-state index contributed by atoms with van der Waals surface area (Å²) in [6.45, 7) is 0.687. The number of hydrogen-bond acceptors (Lipinski definition) is 3. The first-order valence-corrected chi connectivity index (χ1v) is 9.43. The molecule has 0 saturated carbocycles. The maximum Gasteiger partial charge on any atom is 0.416 e. The standard InChI is InChI=1S/C18H16F3N3O2S/c19-18(20,21)16-5-7-17(8-6-16)27(25,26)23-11-14-1-3-15(4-2-14)12-24-10-9-22-13-24/h1-10,13,23H,11-12H2. The van der Waals surface area contributed by atoms with Gasteiger partial charge in [-0.1, -0.05) is 24.3 Å². The molecule has 0 bridgehead atoms. The molecule has 0 amide bonds. The highest BCUT2D eigenvalue weighted by Gasteiger charge is 2.30. The SMILES string of the molecule is O=S(=O)(NCc1ccc(Cn2ccnc2)cc1)c1ccc(C(F)(F)F)cc1. The van der Waals surface area contributed by atoms with Crippen molar-refractivity contribution in [2.24, 2.45) is 0 Å². The summed E-state index contributed by atoms with van der Waals surface area (Å²) in [6, 6.07) is 10.7. The molecule has 0 aliphatic carbocycles. The van der Waals surface area contributed by atoms with E-state index in [2.05, 4.69) is 9.71 Å². The number of nitrogens with one attached hydrogen (secondary N) is 1. The van der Waals surface area contributed by atoms with E-state index in [9.17, 15) is 21.6 Å². The summed E-state index contributed by atoms with van der Waals surface area (Å²) < 4.78 is 66.5. The minimum Gasteiger partial charge on any atom is -0.333 e. The lowest BCUT2D eigenvalue weighted by molar-refractivity contribution is -0.137. The third-order valence-corrected chi connectivity index (χ3v) is 5.32. The van der Waals surface area contributed by atoms with Crippen LogP contribution in [0, 0.1) is 0 Å². The van der Waals surface area contributed by atoms with E-state index >= 15 is 0 Å². The molecule has 9 heteroatoms. The van der Waals surface area contributed by atoms with Gasteiger partial charge in [0, 0.05) is 25.5 Å². The van der Waals surface area contributed by atoms with E-state index in [4.69, 9.17) is 0 Å². The highest BCUT2D eigenvalue weighted by Crippen LogP contribution is 2.29. The molecule has 0 saturated heterocycles. The van der Waals surface area contributed by atoms with Gasteiger partial charge in [0.1, 0.15) is 0 Å². The fourth-order valence-electron chi connectivity index (χ4n) is 2.44. The summed E-state index contributed by atoms with van der Waals surface area (Å²) in [7, 11) is -3.90. The predicted molar refractivity (Wildman–Crippen MR) is 93.2 cm³/mol. The zero-order valence-corrected chi connectivity index (χ0v) is 14.8. The van der Waals surface area contributed by atoms with Crippen LogP contribution >= 0.6 is 0 Å². The smallest absolute Gasteiger partial charge is 0.333 e. The van der Waals surface area contributed by atoms with Crippen molar-refractivity contribution < 1.29 is 21.6 Å². The predicted octanol–water partition coefficient (Wildman–Crippen LogP) is 3.43. The van der Waals surface area contributed by atoms with E-state index in [0.717, 1.165) is 35.4 Å². The van der Waals surface area contributed by atoms with Crippen LogP contribution in [0.1, 0.15) is 16.7 Å². The Morgan fingerprint density at radius 2 is 1.59 bits per heavy atom. The molecule has 0 radical (unpaired) electrons. The van der Waals surface area contributed by atoms with Gasteiger partial charge in [-0.05, 0) is 35.4 Å². The monoisotopic (exact) mass is 395 g/mol. The van der Waals surface area contributed by atoms with Crippen molar-refractivity contribution >= 4 is 10.0 Å². The van der Waals surface area contributed by atoms with E-state index in [0.29, 0.717) is 6.54 Å². The van der Waals surface area contributed by atoms with Crippen LogP contribution in [0.15, 0.2) is 72.1 Å². The molecule has 142 valence electrons. The number of halogens is 3. The lowest BCUT2D eigenvalue weighted by Crippen LogP contribution is -2.23. The molecule has 0 unspecified atom stereocenters. The Kier molecular flexibility index (Phi) is 5.33. The molecular formula is C18H16F3N3O2S. The Morgan fingerprint density at radius 3 is 2.15 bits per heavy atom. The van der Waals surface area contributed by atoms with E-state index in [1.807, 2.05) is 22.9 Å². The molecule has 3 aromatic rings. The highest BCUT2D eigenvalue weighted by atomic mass is 32.2. The largest absolute Gasteiger partial charge is 0.416 e. The second-order valence-electron chi connectivity index (χ2n) is 5.90. The van der Waals surface area contributed by atoms with Crippen LogP contribution in [-0.2, 0) is 29.3 Å². The molecule has 1 aromatic heterocycles. The minimum absolute atomic E-state index is 0.0364. The molecule has 5 nitrogen and oxygen atoms in total. The quantitative estimate of drug-likeness (QED) is 0.696. The molecule has 0 fully saturated rings. The second-order valence-corrected chi connectivity index (χ2v) is 7.67. The lowest BCUT2D eigenvalue weighted by atomic mass is 10.1. The van der Waals surface area contributed by atoms with Gasteiger partial charge >= 0.3 is 6.18 Å². The van der Waals surface area contributed by atoms with Crippen molar-refractivity contribution in [3.05, 3.63) is 83.9 Å². The van der Waals surface area contributed by atoms with Crippen molar-refractivity contribution in [3.8, 4) is 0 Å². The topological polar surface area (TPSA) is 64.0 Å². The number of nitrogens with zero attached hydrogens (tertiary/aromatic N) is 2. The van der Waals surface area contributed by atoms with Gasteiger partial charge in [-0.2, -0.15) is 13.2 Å². The second kappa shape index (κ2) is 7.53. The molecule has 0 aliphatic heterocycles. The van der Waals surface area contributed by atoms with Crippen molar-refractivity contribution in [1.82, 2.24) is 14.3 Å². The Bertz CT molecular complexity index is 982. The van der Waals surface area contributed by atoms with Crippen LogP contribution in [0.5, 0.6) is 0 Å². The number of imidazole rings is 1. The lowest BCUT2D eigenvalue weighted by Gasteiger charge is -2.10. The Morgan fingerprint density at radius 1 is 0.963 bits per heavy atom. The van der Waals surface area contributed by atoms with E-state index in [1.54, 1.807) is 24.7 Å². The van der Waals surface area contributed by atoms with Gasteiger partial charge in [-0.3, -0.25) is 0 Å². The van der Waals surface area contributed by atoms with Crippen LogP contribution in [0.4, 0.5) is 13.2 Å². The van der Waals surface area contributed by atoms with E-state index in [-0.39, 0.29) is 11.4 Å². The molecule has 27 heavy (non-hydrogen) atoms. The summed E-state index contributed by atoms with van der Waals surface area (Å²) in [4.78, 5) is 3.75. The zero-order valence-electron chi connectivity index (χ0n) is 14.0. The summed E-state index contributed by atoms with van der Waals surface area (Å²) in [5, 5.41) is 0. The number of aromatic nitrogens is 2. The maximum atomic E-state index is 12.6. The first-order valence-electron chi connectivity index (χ1n) is 7.94. The summed E-state index contributed by atoms with van der Waals surface area (Å²) in [6.07, 6.45) is 0.719. The third kappa shape index (κ3) is 4.95. The maximum absolute atomic E-state index is 12.6. The molecular weight excluding hydrogens is 379 g/mol. The Balaban J connectivity index is 1.63. The van der Waals surface area contributed by atoms with Crippen molar-refractivity contribution in [2.75, 3.05) is 0 Å². The van der Waals surface area contributed by atoms with Crippen LogP contribution in [0.3, 0.4) is 0 Å². The molecule has 2 aromatic carbocycles. The number of sulfonamides is 1. The highest BCUT2D eigenvalue weighted by molar-refractivity contribution is 7.89. The van der Waals surface area contributed by atoms with E-state index < -0.39 is 21.8 Å². The molecule has 0 spiro atoms. The fourth-order valence-corrected chi connectivity index (χ4v) is 3.46. The number of benzene rings is 2. The van der Waals surface area contributed by atoms with Crippen LogP contribution in [0.2, 0.25) is 0 Å². The summed E-state index contributed by atoms with van der Waals surface area (Å²) >= 11 is 0. The molecule has 1 N–H and O–H groups in total. The van der Waals surface area contributed by atoms with E-state index in [1.165, 1.54) is 0 Å². The van der Waals surface area contributed by atoms with Gasteiger partial charge < -0.3 is 4.57 Å². The average Bonchev–Trinajstić information content (AvgIpc) is 3.14. The van der Waals surface area contributed by atoms with Crippen LogP contribution in [-0.4, -0.2) is 18.0 Å². The first-order chi connectivity index (χ1) is 12.7. The zero-order chi connectivity index (χ0) is 19.5. The average molecular weight is 395 g/mol. The van der Waals surface area contributed by atoms with Crippen LogP contribution < -0.4 is 4.72 Å². The molecule has 0 aliphatic rings. The fraction of sp³-hybridized carbons (Fsp3) is 0.167. The number of rotatable bonds is 6. The van der Waals surface area contributed by atoms with Gasteiger partial charge in [0.15, 0.2) is 0 Å². The Hall–Kier alpha value is -2.65. The number of alkyl halides is 3. The normalized spacial score (nSPS) is 12.3. The van der Waals surface area contributed by atoms with Crippen molar-refractivity contribution in [3.63, 3.8) is 0 Å². The molecule has 1 heterocycles. The number of hydrogen-bond donors (Lipinski definition) is 1. The van der Waals surface area contributed by atoms with Gasteiger partial charge in [0.25, 0.3) is 0 Å². The molecule has 0 atom stereocenters. The van der Waals surface area contributed by atoms with Gasteiger partial charge in [-0.15, -0.1) is 0 Å². The van der Waals surface area contributed by atoms with Gasteiger partial charge in [0.05, 0.1) is 16.8 Å². The van der Waals surface area contributed by atoms with Crippen molar-refractivity contribution in [2.45, 2.75) is 24.2 Å². The van der Waals surface area contributed by atoms with Crippen LogP contribution in [0.25, 0.3) is 0 Å². The van der Waals surface area contributed by atoms with Gasteiger partial charge in [-0.25, -0.2) is 18.1 Å². The minimum atomic E-state index is -4.51. The molecule has 3 rings (SSSR count). The third-order valence-electron chi connectivity index (χ3n) is 3.91. The first kappa shape index (κ1) is 19.1. The van der Waals surface area contributed by atoms with Crippen molar-refractivity contribution in [1.29, 1.82) is 0 Å². The summed E-state index contributed by atoms with van der Waals surface area (Å²) in [5.74, 6) is 0. The Labute approximate surface area is 154 Å².